The lowest BCUT2D eigenvalue weighted by atomic mass is 10.1. The largest absolute Gasteiger partial charge is 0.468 e. The monoisotopic (exact) mass is 479 g/mol. The van der Waals surface area contributed by atoms with Crippen molar-refractivity contribution in [1.82, 2.24) is 14.7 Å². The summed E-state index contributed by atoms with van der Waals surface area (Å²) in [7, 11) is 1.77. The maximum Gasteiger partial charge on any atom is 0.222 e. The summed E-state index contributed by atoms with van der Waals surface area (Å²) in [6.45, 7) is 3.81. The van der Waals surface area contributed by atoms with E-state index in [4.69, 9.17) is 19.0 Å². The third-order valence-corrected chi connectivity index (χ3v) is 5.50. The lowest BCUT2D eigenvalue weighted by Gasteiger charge is -2.24. The Morgan fingerprint density at radius 1 is 1.06 bits per heavy atom. The number of benzene rings is 2. The molecular weight excluding hydrogens is 449 g/mol. The Morgan fingerprint density at radius 3 is 2.54 bits per heavy atom. The Balaban J connectivity index is 1.71. The molecule has 0 saturated carbocycles. The van der Waals surface area contributed by atoms with Gasteiger partial charge in [-0.25, -0.2) is 9.07 Å². The van der Waals surface area contributed by atoms with Crippen molar-refractivity contribution in [3.63, 3.8) is 0 Å². The Hall–Kier alpha value is -3.46. The highest BCUT2D eigenvalue weighted by atomic mass is 19.1. The number of furan rings is 1. The first-order valence-electron chi connectivity index (χ1n) is 11.6. The molecule has 0 saturated heterocycles. The Morgan fingerprint density at radius 2 is 1.83 bits per heavy atom. The average Bonchev–Trinajstić information content (AvgIpc) is 3.48. The molecular formula is C27H30FN3O4. The summed E-state index contributed by atoms with van der Waals surface area (Å²) < 4.78 is 33.1. The van der Waals surface area contributed by atoms with Crippen LogP contribution in [0.3, 0.4) is 0 Å². The van der Waals surface area contributed by atoms with Crippen LogP contribution < -0.4 is 4.74 Å². The van der Waals surface area contributed by atoms with Crippen molar-refractivity contribution < 1.29 is 23.4 Å². The third-order valence-electron chi connectivity index (χ3n) is 5.50. The van der Waals surface area contributed by atoms with Crippen LogP contribution in [-0.4, -0.2) is 45.6 Å². The number of hydrogen-bond donors (Lipinski definition) is 1. The zero-order valence-electron chi connectivity index (χ0n) is 19.9. The van der Waals surface area contributed by atoms with Gasteiger partial charge in [0.25, 0.3) is 0 Å². The molecule has 0 aliphatic heterocycles. The van der Waals surface area contributed by atoms with E-state index in [2.05, 4.69) is 0 Å². The molecule has 2 aromatic heterocycles. The Bertz CT molecular complexity index is 1190. The highest BCUT2D eigenvalue weighted by Gasteiger charge is 2.24. The molecule has 184 valence electrons. The van der Waals surface area contributed by atoms with E-state index >= 15 is 0 Å². The summed E-state index contributed by atoms with van der Waals surface area (Å²) in [6.07, 6.45) is 0.925. The van der Waals surface area contributed by atoms with Crippen LogP contribution in [0.25, 0.3) is 11.3 Å². The quantitative estimate of drug-likeness (QED) is 0.308. The van der Waals surface area contributed by atoms with Gasteiger partial charge in [-0.2, -0.15) is 5.10 Å². The van der Waals surface area contributed by atoms with Gasteiger partial charge in [0.05, 0.1) is 31.1 Å². The molecule has 4 rings (SSSR count). The standard InChI is InChI=1S/C27H30FN3O4/c1-3-33-19-21(32)16-31(17-22-12-9-15-34-22)18-23-26(20-10-5-4-6-11-20)29-30(2)27(23)35-25-14-8-7-13-24(25)28/h4-15,21,32H,3,16-19H2,1-2H3. The molecule has 1 atom stereocenters. The maximum atomic E-state index is 14.4. The van der Waals surface area contributed by atoms with Crippen LogP contribution >= 0.6 is 0 Å². The van der Waals surface area contributed by atoms with E-state index in [0.29, 0.717) is 32.1 Å². The van der Waals surface area contributed by atoms with E-state index in [1.54, 1.807) is 36.2 Å². The van der Waals surface area contributed by atoms with Gasteiger partial charge in [0.2, 0.25) is 5.88 Å². The topological polar surface area (TPSA) is 72.9 Å². The fraction of sp³-hybridized carbons (Fsp3) is 0.296. The predicted molar refractivity (Wildman–Crippen MR) is 130 cm³/mol. The lowest BCUT2D eigenvalue weighted by molar-refractivity contribution is 0.0167. The van der Waals surface area contributed by atoms with E-state index in [0.717, 1.165) is 22.6 Å². The molecule has 1 unspecified atom stereocenters. The number of ether oxygens (including phenoxy) is 2. The number of aliphatic hydroxyl groups is 1. The summed E-state index contributed by atoms with van der Waals surface area (Å²) in [5.74, 6) is 0.846. The van der Waals surface area contributed by atoms with Gasteiger partial charge < -0.3 is 19.0 Å². The molecule has 8 heteroatoms. The molecule has 0 aliphatic rings. The first-order chi connectivity index (χ1) is 17.0. The lowest BCUT2D eigenvalue weighted by Crippen LogP contribution is -2.34. The number of para-hydroxylation sites is 1. The van der Waals surface area contributed by atoms with Gasteiger partial charge in [0.1, 0.15) is 11.5 Å². The van der Waals surface area contributed by atoms with Crippen molar-refractivity contribution in [2.24, 2.45) is 7.05 Å². The normalized spacial score (nSPS) is 12.3. The highest BCUT2D eigenvalue weighted by Crippen LogP contribution is 2.35. The van der Waals surface area contributed by atoms with Crippen molar-refractivity contribution in [2.45, 2.75) is 26.1 Å². The Labute approximate surface area is 204 Å². The van der Waals surface area contributed by atoms with Crippen LogP contribution in [0.2, 0.25) is 0 Å². The number of rotatable bonds is 12. The predicted octanol–water partition coefficient (Wildman–Crippen LogP) is 5.01. The second-order valence-electron chi connectivity index (χ2n) is 8.22. The van der Waals surface area contributed by atoms with Gasteiger partial charge in [0, 0.05) is 32.3 Å². The first-order valence-corrected chi connectivity index (χ1v) is 11.6. The van der Waals surface area contributed by atoms with E-state index in [9.17, 15) is 9.50 Å². The molecule has 0 amide bonds. The molecule has 0 fully saturated rings. The van der Waals surface area contributed by atoms with Gasteiger partial charge in [-0.1, -0.05) is 42.5 Å². The molecule has 0 bridgehead atoms. The van der Waals surface area contributed by atoms with Crippen LogP contribution in [0.4, 0.5) is 4.39 Å². The smallest absolute Gasteiger partial charge is 0.222 e. The van der Waals surface area contributed by atoms with Gasteiger partial charge in [-0.05, 0) is 31.2 Å². The van der Waals surface area contributed by atoms with Gasteiger partial charge in [-0.3, -0.25) is 4.90 Å². The minimum absolute atomic E-state index is 0.116. The fourth-order valence-corrected chi connectivity index (χ4v) is 3.92. The summed E-state index contributed by atoms with van der Waals surface area (Å²) in [5, 5.41) is 15.3. The number of aromatic nitrogens is 2. The zero-order chi connectivity index (χ0) is 24.6. The molecule has 0 spiro atoms. The minimum Gasteiger partial charge on any atom is -0.468 e. The molecule has 0 radical (unpaired) electrons. The summed E-state index contributed by atoms with van der Waals surface area (Å²) in [5.41, 5.74) is 2.41. The summed E-state index contributed by atoms with van der Waals surface area (Å²) in [4.78, 5) is 2.04. The highest BCUT2D eigenvalue weighted by molar-refractivity contribution is 5.65. The third kappa shape index (κ3) is 6.36. The molecule has 2 heterocycles. The number of aryl methyl sites for hydroxylation is 1. The van der Waals surface area contributed by atoms with Crippen LogP contribution in [0.1, 0.15) is 18.2 Å². The van der Waals surface area contributed by atoms with Crippen molar-refractivity contribution in [1.29, 1.82) is 0 Å². The molecule has 7 nitrogen and oxygen atoms in total. The second kappa shape index (κ2) is 11.8. The summed E-state index contributed by atoms with van der Waals surface area (Å²) >= 11 is 0. The van der Waals surface area contributed by atoms with Crippen molar-refractivity contribution in [3.8, 4) is 22.9 Å². The van der Waals surface area contributed by atoms with Crippen LogP contribution in [0.15, 0.2) is 77.4 Å². The van der Waals surface area contributed by atoms with Gasteiger partial charge >= 0.3 is 0 Å². The first kappa shape index (κ1) is 24.7. The van der Waals surface area contributed by atoms with Crippen molar-refractivity contribution >= 4 is 0 Å². The molecule has 35 heavy (non-hydrogen) atoms. The Kier molecular flexibility index (Phi) is 8.31. The zero-order valence-corrected chi connectivity index (χ0v) is 19.9. The van der Waals surface area contributed by atoms with Crippen LogP contribution in [0.5, 0.6) is 11.6 Å². The van der Waals surface area contributed by atoms with E-state index in [1.807, 2.05) is 54.3 Å². The van der Waals surface area contributed by atoms with E-state index in [-0.39, 0.29) is 12.4 Å². The van der Waals surface area contributed by atoms with Gasteiger partial charge in [-0.15, -0.1) is 0 Å². The van der Waals surface area contributed by atoms with Crippen LogP contribution in [0, 0.1) is 5.82 Å². The van der Waals surface area contributed by atoms with Crippen molar-refractivity contribution in [2.75, 3.05) is 19.8 Å². The number of aliphatic hydroxyl groups excluding tert-OH is 1. The van der Waals surface area contributed by atoms with Gasteiger partial charge in [0.15, 0.2) is 11.6 Å². The maximum absolute atomic E-state index is 14.4. The molecule has 0 aliphatic carbocycles. The van der Waals surface area contributed by atoms with Crippen molar-refractivity contribution in [3.05, 3.63) is 90.1 Å². The van der Waals surface area contributed by atoms with Crippen LogP contribution in [-0.2, 0) is 24.9 Å². The molecule has 4 aromatic rings. The number of hydrogen-bond acceptors (Lipinski definition) is 6. The SMILES string of the molecule is CCOCC(O)CN(Cc1ccco1)Cc1c(-c2ccccc2)nn(C)c1Oc1ccccc1F. The number of nitrogens with zero attached hydrogens (tertiary/aromatic N) is 3. The van der Waals surface area contributed by atoms with E-state index in [1.165, 1.54) is 6.07 Å². The van der Waals surface area contributed by atoms with E-state index < -0.39 is 11.9 Å². The second-order valence-corrected chi connectivity index (χ2v) is 8.22. The molecule has 2 aromatic carbocycles. The summed E-state index contributed by atoms with van der Waals surface area (Å²) in [6, 6.07) is 19.8. The average molecular weight is 480 g/mol. The molecule has 1 N–H and O–H groups in total. The number of halogens is 1. The fourth-order valence-electron chi connectivity index (χ4n) is 3.92. The minimum atomic E-state index is -0.697.